The number of likely N-dealkylation sites (tertiary alicyclic amines) is 1. The van der Waals surface area contributed by atoms with Gasteiger partial charge in [0, 0.05) is 41.0 Å². The van der Waals surface area contributed by atoms with E-state index >= 15 is 0 Å². The summed E-state index contributed by atoms with van der Waals surface area (Å²) in [6, 6.07) is 9.61. The average molecular weight is 494 g/mol. The number of hydrogen-bond acceptors (Lipinski definition) is 8. The first kappa shape index (κ1) is 22.4. The second kappa shape index (κ2) is 9.47. The van der Waals surface area contributed by atoms with Crippen molar-refractivity contribution in [1.82, 2.24) is 20.0 Å². The predicted octanol–water partition coefficient (Wildman–Crippen LogP) is 5.14. The van der Waals surface area contributed by atoms with Crippen molar-refractivity contribution in [2.75, 3.05) is 18.4 Å². The molecule has 4 heterocycles. The number of benzene rings is 1. The van der Waals surface area contributed by atoms with Gasteiger partial charge in [-0.15, -0.1) is 22.7 Å². The Morgan fingerprint density at radius 2 is 1.91 bits per heavy atom. The Balaban J connectivity index is 1.23. The van der Waals surface area contributed by atoms with Gasteiger partial charge in [0.15, 0.2) is 5.13 Å². The Morgan fingerprint density at radius 1 is 1.15 bits per heavy atom. The summed E-state index contributed by atoms with van der Waals surface area (Å²) in [5, 5.41) is 10.2. The summed E-state index contributed by atoms with van der Waals surface area (Å²) in [6.07, 6.45) is 3.31. The van der Waals surface area contributed by atoms with Crippen molar-refractivity contribution in [3.8, 4) is 11.3 Å². The molecule has 174 valence electrons. The van der Waals surface area contributed by atoms with Crippen LogP contribution in [0.2, 0.25) is 0 Å². The molecular weight excluding hydrogens is 470 g/mol. The number of carbonyl (C=O) groups is 2. The molecule has 1 saturated heterocycles. The molecule has 10 heteroatoms. The van der Waals surface area contributed by atoms with E-state index < -0.39 is 0 Å². The summed E-state index contributed by atoms with van der Waals surface area (Å²) >= 11 is 2.92. The third-order valence-electron chi connectivity index (χ3n) is 5.85. The third-order valence-corrected chi connectivity index (χ3v) is 7.69. The summed E-state index contributed by atoms with van der Waals surface area (Å²) in [5.74, 6) is 0.432. The van der Waals surface area contributed by atoms with Gasteiger partial charge in [0.2, 0.25) is 0 Å². The van der Waals surface area contributed by atoms with Crippen LogP contribution in [0.3, 0.4) is 0 Å². The van der Waals surface area contributed by atoms with Gasteiger partial charge in [0.25, 0.3) is 11.8 Å². The number of aryl methyl sites for hydroxylation is 2. The lowest BCUT2D eigenvalue weighted by Gasteiger charge is -2.31. The minimum Gasteiger partial charge on any atom is -0.360 e. The van der Waals surface area contributed by atoms with Crippen LogP contribution in [-0.2, 0) is 0 Å². The minimum absolute atomic E-state index is 0.0611. The zero-order chi connectivity index (χ0) is 23.7. The Morgan fingerprint density at radius 3 is 2.62 bits per heavy atom. The molecule has 3 aromatic heterocycles. The van der Waals surface area contributed by atoms with E-state index in [2.05, 4.69) is 20.4 Å². The second-order valence-corrected chi connectivity index (χ2v) is 10.3. The molecule has 8 nitrogen and oxygen atoms in total. The lowest BCUT2D eigenvalue weighted by atomic mass is 9.96. The fourth-order valence-corrected chi connectivity index (χ4v) is 5.69. The number of piperidine rings is 1. The zero-order valence-electron chi connectivity index (χ0n) is 18.8. The van der Waals surface area contributed by atoms with Crippen molar-refractivity contribution in [2.24, 2.45) is 0 Å². The van der Waals surface area contributed by atoms with Crippen LogP contribution in [0, 0.1) is 13.8 Å². The Labute approximate surface area is 204 Å². The first-order valence-corrected chi connectivity index (χ1v) is 12.7. The summed E-state index contributed by atoms with van der Waals surface area (Å²) in [7, 11) is 0. The number of rotatable bonds is 5. The van der Waals surface area contributed by atoms with Gasteiger partial charge in [-0.25, -0.2) is 9.97 Å². The van der Waals surface area contributed by atoms with Crippen LogP contribution >= 0.6 is 22.7 Å². The van der Waals surface area contributed by atoms with E-state index in [0.717, 1.165) is 28.3 Å². The van der Waals surface area contributed by atoms with Crippen LogP contribution < -0.4 is 5.32 Å². The van der Waals surface area contributed by atoms with E-state index in [1.807, 2.05) is 42.2 Å². The highest BCUT2D eigenvalue weighted by Gasteiger charge is 2.31. The monoisotopic (exact) mass is 493 g/mol. The van der Waals surface area contributed by atoms with Crippen molar-refractivity contribution in [3.63, 3.8) is 0 Å². The van der Waals surface area contributed by atoms with Gasteiger partial charge in [-0.3, -0.25) is 14.9 Å². The van der Waals surface area contributed by atoms with E-state index in [1.54, 1.807) is 18.5 Å². The third kappa shape index (κ3) is 4.51. The van der Waals surface area contributed by atoms with Gasteiger partial charge >= 0.3 is 0 Å². The fraction of sp³-hybridized carbons (Fsp3) is 0.292. The molecule has 0 atom stereocenters. The fourth-order valence-electron chi connectivity index (χ4n) is 4.06. The first-order valence-electron chi connectivity index (χ1n) is 11.0. The topological polar surface area (TPSA) is 101 Å². The van der Waals surface area contributed by atoms with Crippen LogP contribution in [0.4, 0.5) is 5.13 Å². The molecule has 34 heavy (non-hydrogen) atoms. The molecule has 0 spiro atoms. The van der Waals surface area contributed by atoms with Gasteiger partial charge < -0.3 is 9.42 Å². The molecule has 0 radical (unpaired) electrons. The van der Waals surface area contributed by atoms with Gasteiger partial charge in [0.1, 0.15) is 22.7 Å². The van der Waals surface area contributed by atoms with Gasteiger partial charge in [-0.2, -0.15) is 0 Å². The summed E-state index contributed by atoms with van der Waals surface area (Å²) in [6.45, 7) is 4.94. The Bertz CT molecular complexity index is 1320. The number of thiazole rings is 2. The lowest BCUT2D eigenvalue weighted by Crippen LogP contribution is -2.38. The minimum atomic E-state index is -0.249. The molecule has 1 N–H and O–H groups in total. The molecule has 5 rings (SSSR count). The van der Waals surface area contributed by atoms with Crippen molar-refractivity contribution in [3.05, 3.63) is 68.8 Å². The molecule has 0 saturated carbocycles. The molecule has 1 fully saturated rings. The smallest absolute Gasteiger partial charge is 0.276 e. The summed E-state index contributed by atoms with van der Waals surface area (Å²) in [4.78, 5) is 37.5. The van der Waals surface area contributed by atoms with Gasteiger partial charge in [-0.1, -0.05) is 35.5 Å². The van der Waals surface area contributed by atoms with Crippen LogP contribution in [0.1, 0.15) is 55.3 Å². The lowest BCUT2D eigenvalue weighted by molar-refractivity contribution is 0.0712. The maximum absolute atomic E-state index is 13.3. The number of amides is 2. The number of anilines is 1. The molecule has 1 aromatic carbocycles. The predicted molar refractivity (Wildman–Crippen MR) is 131 cm³/mol. The number of aromatic nitrogens is 3. The van der Waals surface area contributed by atoms with Crippen molar-refractivity contribution >= 4 is 39.6 Å². The largest absolute Gasteiger partial charge is 0.360 e. The van der Waals surface area contributed by atoms with Crippen LogP contribution in [0.15, 0.2) is 46.4 Å². The van der Waals surface area contributed by atoms with E-state index in [0.29, 0.717) is 40.9 Å². The van der Waals surface area contributed by atoms with Crippen LogP contribution in [0.5, 0.6) is 0 Å². The van der Waals surface area contributed by atoms with Gasteiger partial charge in [0.05, 0.1) is 5.01 Å². The summed E-state index contributed by atoms with van der Waals surface area (Å²) in [5.41, 5.74) is 2.37. The van der Waals surface area contributed by atoms with E-state index in [1.165, 1.54) is 22.7 Å². The van der Waals surface area contributed by atoms with E-state index in [4.69, 9.17) is 4.52 Å². The molecule has 1 aliphatic heterocycles. The van der Waals surface area contributed by atoms with Crippen molar-refractivity contribution in [2.45, 2.75) is 32.6 Å². The quantitative estimate of drug-likeness (QED) is 0.413. The van der Waals surface area contributed by atoms with Crippen molar-refractivity contribution < 1.29 is 14.1 Å². The van der Waals surface area contributed by atoms with Crippen LogP contribution in [0.25, 0.3) is 11.3 Å². The SMILES string of the molecule is Cc1cnc(NC(=O)c2csc(C3CCN(C(=O)c4c(-c5ccccc5)noc4C)CC3)n2)s1. The molecule has 4 aromatic rings. The number of hydrogen-bond donors (Lipinski definition) is 1. The highest BCUT2D eigenvalue weighted by Crippen LogP contribution is 2.33. The van der Waals surface area contributed by atoms with E-state index in [9.17, 15) is 9.59 Å². The highest BCUT2D eigenvalue weighted by atomic mass is 32.1. The molecule has 0 unspecified atom stereocenters. The van der Waals surface area contributed by atoms with Crippen LogP contribution in [-0.4, -0.2) is 44.9 Å². The molecule has 2 amide bonds. The molecule has 0 bridgehead atoms. The molecule has 1 aliphatic rings. The second-order valence-electron chi connectivity index (χ2n) is 8.20. The first-order chi connectivity index (χ1) is 16.5. The number of carbonyl (C=O) groups excluding carboxylic acids is 2. The maximum Gasteiger partial charge on any atom is 0.276 e. The molecular formula is C24H23N5O3S2. The van der Waals surface area contributed by atoms with E-state index in [-0.39, 0.29) is 17.7 Å². The van der Waals surface area contributed by atoms with Crippen molar-refractivity contribution in [1.29, 1.82) is 0 Å². The Hall–Kier alpha value is -3.37. The normalized spacial score (nSPS) is 14.4. The number of nitrogens with zero attached hydrogens (tertiary/aromatic N) is 4. The molecule has 0 aliphatic carbocycles. The average Bonchev–Trinajstić information content (AvgIpc) is 3.59. The Kier molecular flexibility index (Phi) is 6.25. The van der Waals surface area contributed by atoms with Gasteiger partial charge in [-0.05, 0) is 26.7 Å². The highest BCUT2D eigenvalue weighted by molar-refractivity contribution is 7.15. The maximum atomic E-state index is 13.3. The zero-order valence-corrected chi connectivity index (χ0v) is 20.4. The standard InChI is InChI=1S/C24H23N5O3S2/c1-14-12-25-24(34-14)27-21(30)18-13-33-22(26-18)17-8-10-29(11-9-17)23(31)19-15(2)32-28-20(19)16-6-4-3-5-7-16/h3-7,12-13,17H,8-11H2,1-2H3,(H,25,27,30). The number of nitrogens with one attached hydrogen (secondary N) is 1. The summed E-state index contributed by atoms with van der Waals surface area (Å²) < 4.78 is 5.37.